The molecule has 1 amide bonds. The maximum atomic E-state index is 13.4. The lowest BCUT2D eigenvalue weighted by Crippen LogP contribution is -2.35. The number of hydrogen-bond acceptors (Lipinski definition) is 2. The lowest BCUT2D eigenvalue weighted by atomic mass is 10.1. The van der Waals surface area contributed by atoms with Crippen LogP contribution in [-0.4, -0.2) is 37.5 Å². The van der Waals surface area contributed by atoms with Gasteiger partial charge in [0.25, 0.3) is 0 Å². The molecule has 1 heterocycles. The maximum Gasteiger partial charge on any atom is 0.226 e. The maximum absolute atomic E-state index is 13.4. The summed E-state index contributed by atoms with van der Waals surface area (Å²) < 4.78 is 26.2. The second kappa shape index (κ2) is 6.10. The van der Waals surface area contributed by atoms with Gasteiger partial charge in [0, 0.05) is 26.2 Å². The molecule has 0 aliphatic carbocycles. The minimum absolute atomic E-state index is 0.0306. The van der Waals surface area contributed by atoms with Crippen LogP contribution >= 0.6 is 0 Å². The Kier molecular flexibility index (Phi) is 4.47. The second-order valence-corrected chi connectivity index (χ2v) is 4.94. The van der Waals surface area contributed by atoms with E-state index in [1.807, 2.05) is 0 Å². The first kappa shape index (κ1) is 13.9. The van der Waals surface area contributed by atoms with Crippen molar-refractivity contribution in [2.75, 3.05) is 26.7 Å². The average molecular weight is 268 g/mol. The molecule has 19 heavy (non-hydrogen) atoms. The van der Waals surface area contributed by atoms with Gasteiger partial charge in [-0.3, -0.25) is 4.79 Å². The predicted octanol–water partition coefficient (Wildman–Crippen LogP) is 1.58. The lowest BCUT2D eigenvalue weighted by molar-refractivity contribution is -0.133. The number of rotatable bonds is 4. The van der Waals surface area contributed by atoms with E-state index in [4.69, 9.17) is 0 Å². The standard InChI is InChI=1S/C14H18F2N2O/c1-18(14(19)11-4-6-17-9-11)7-5-10-2-3-12(15)8-13(10)16/h2-3,8,11,17H,4-7,9H2,1H3. The number of benzene rings is 1. The molecule has 1 aromatic carbocycles. The van der Waals surface area contributed by atoms with Crippen molar-refractivity contribution in [3.63, 3.8) is 0 Å². The Morgan fingerprint density at radius 3 is 2.89 bits per heavy atom. The first-order valence-electron chi connectivity index (χ1n) is 6.47. The van der Waals surface area contributed by atoms with Gasteiger partial charge in [-0.15, -0.1) is 0 Å². The van der Waals surface area contributed by atoms with Crippen LogP contribution < -0.4 is 5.32 Å². The monoisotopic (exact) mass is 268 g/mol. The molecule has 1 aromatic rings. The van der Waals surface area contributed by atoms with Gasteiger partial charge in [-0.2, -0.15) is 0 Å². The highest BCUT2D eigenvalue weighted by atomic mass is 19.1. The molecular formula is C14H18F2N2O. The van der Waals surface area contributed by atoms with Gasteiger partial charge in [0.15, 0.2) is 0 Å². The van der Waals surface area contributed by atoms with Gasteiger partial charge >= 0.3 is 0 Å². The molecule has 1 N–H and O–H groups in total. The summed E-state index contributed by atoms with van der Waals surface area (Å²) >= 11 is 0. The molecule has 1 aliphatic heterocycles. The number of hydrogen-bond donors (Lipinski definition) is 1. The van der Waals surface area contributed by atoms with Crippen molar-refractivity contribution in [3.8, 4) is 0 Å². The van der Waals surface area contributed by atoms with Gasteiger partial charge in [-0.25, -0.2) is 8.78 Å². The Morgan fingerprint density at radius 2 is 2.26 bits per heavy atom. The minimum Gasteiger partial charge on any atom is -0.345 e. The summed E-state index contributed by atoms with van der Waals surface area (Å²) in [5.41, 5.74) is 0.436. The Labute approximate surface area is 111 Å². The van der Waals surface area contributed by atoms with Crippen LogP contribution in [0.2, 0.25) is 0 Å². The van der Waals surface area contributed by atoms with Crippen LogP contribution in [0.25, 0.3) is 0 Å². The second-order valence-electron chi connectivity index (χ2n) is 4.94. The Hall–Kier alpha value is -1.49. The summed E-state index contributed by atoms with van der Waals surface area (Å²) in [7, 11) is 1.72. The van der Waals surface area contributed by atoms with Gasteiger partial charge in [-0.05, 0) is 31.0 Å². The van der Waals surface area contributed by atoms with Crippen LogP contribution in [0.3, 0.4) is 0 Å². The molecule has 0 radical (unpaired) electrons. The van der Waals surface area contributed by atoms with Crippen molar-refractivity contribution in [1.29, 1.82) is 0 Å². The molecule has 2 rings (SSSR count). The fraction of sp³-hybridized carbons (Fsp3) is 0.500. The van der Waals surface area contributed by atoms with Gasteiger partial charge in [0.05, 0.1) is 5.92 Å². The third-order valence-corrected chi connectivity index (χ3v) is 3.52. The van der Waals surface area contributed by atoms with E-state index >= 15 is 0 Å². The molecule has 104 valence electrons. The normalized spacial score (nSPS) is 18.6. The van der Waals surface area contributed by atoms with Crippen molar-refractivity contribution in [3.05, 3.63) is 35.4 Å². The van der Waals surface area contributed by atoms with Crippen molar-refractivity contribution in [2.45, 2.75) is 12.8 Å². The summed E-state index contributed by atoms with van der Waals surface area (Å²) in [5, 5.41) is 3.15. The highest BCUT2D eigenvalue weighted by Crippen LogP contribution is 2.13. The van der Waals surface area contributed by atoms with Crippen LogP contribution in [0.5, 0.6) is 0 Å². The summed E-state index contributed by atoms with van der Waals surface area (Å²) in [6.07, 6.45) is 1.25. The van der Waals surface area contributed by atoms with Crippen molar-refractivity contribution < 1.29 is 13.6 Å². The lowest BCUT2D eigenvalue weighted by Gasteiger charge is -2.20. The molecule has 5 heteroatoms. The predicted molar refractivity (Wildman–Crippen MR) is 68.7 cm³/mol. The van der Waals surface area contributed by atoms with Crippen molar-refractivity contribution >= 4 is 5.91 Å². The van der Waals surface area contributed by atoms with Crippen LogP contribution in [0.15, 0.2) is 18.2 Å². The Bertz CT molecular complexity index is 459. The topological polar surface area (TPSA) is 32.3 Å². The molecule has 1 saturated heterocycles. The zero-order valence-electron chi connectivity index (χ0n) is 11.0. The van der Waals surface area contributed by atoms with Crippen molar-refractivity contribution in [2.24, 2.45) is 5.92 Å². The molecule has 3 nitrogen and oxygen atoms in total. The van der Waals surface area contributed by atoms with Crippen LogP contribution in [0.1, 0.15) is 12.0 Å². The zero-order chi connectivity index (χ0) is 13.8. The van der Waals surface area contributed by atoms with E-state index in [0.29, 0.717) is 25.1 Å². The molecule has 0 bridgehead atoms. The molecular weight excluding hydrogens is 250 g/mol. The zero-order valence-corrected chi connectivity index (χ0v) is 11.0. The highest BCUT2D eigenvalue weighted by Gasteiger charge is 2.25. The number of amides is 1. The molecule has 1 aliphatic rings. The van der Waals surface area contributed by atoms with Gasteiger partial charge in [-0.1, -0.05) is 6.07 Å². The van der Waals surface area contributed by atoms with Crippen LogP contribution in [-0.2, 0) is 11.2 Å². The van der Waals surface area contributed by atoms with E-state index in [1.54, 1.807) is 11.9 Å². The van der Waals surface area contributed by atoms with Crippen LogP contribution in [0.4, 0.5) is 8.78 Å². The third kappa shape index (κ3) is 3.50. The molecule has 1 fully saturated rings. The van der Waals surface area contributed by atoms with E-state index < -0.39 is 11.6 Å². The number of nitrogens with zero attached hydrogens (tertiary/aromatic N) is 1. The van der Waals surface area contributed by atoms with E-state index in [-0.39, 0.29) is 11.8 Å². The van der Waals surface area contributed by atoms with Crippen LogP contribution in [0, 0.1) is 17.6 Å². The van der Waals surface area contributed by atoms with E-state index in [0.717, 1.165) is 19.0 Å². The van der Waals surface area contributed by atoms with Gasteiger partial charge in [0.2, 0.25) is 5.91 Å². The summed E-state index contributed by atoms with van der Waals surface area (Å²) in [6.45, 7) is 2.03. The van der Waals surface area contributed by atoms with E-state index in [2.05, 4.69) is 5.32 Å². The SMILES string of the molecule is CN(CCc1ccc(F)cc1F)C(=O)C1CCNC1. The molecule has 0 saturated carbocycles. The molecule has 0 spiro atoms. The van der Waals surface area contributed by atoms with E-state index in [9.17, 15) is 13.6 Å². The summed E-state index contributed by atoms with van der Waals surface area (Å²) in [6, 6.07) is 3.54. The Morgan fingerprint density at radius 1 is 1.47 bits per heavy atom. The number of halogens is 2. The highest BCUT2D eigenvalue weighted by molar-refractivity contribution is 5.79. The van der Waals surface area contributed by atoms with Gasteiger partial charge in [0.1, 0.15) is 11.6 Å². The number of carbonyl (C=O) groups excluding carboxylic acids is 1. The molecule has 1 unspecified atom stereocenters. The third-order valence-electron chi connectivity index (χ3n) is 3.52. The molecule has 1 atom stereocenters. The number of nitrogens with one attached hydrogen (secondary N) is 1. The van der Waals surface area contributed by atoms with E-state index in [1.165, 1.54) is 12.1 Å². The fourth-order valence-corrected chi connectivity index (χ4v) is 2.30. The fourth-order valence-electron chi connectivity index (χ4n) is 2.30. The Balaban J connectivity index is 1.88. The quantitative estimate of drug-likeness (QED) is 0.899. The number of carbonyl (C=O) groups is 1. The largest absolute Gasteiger partial charge is 0.345 e. The first-order valence-corrected chi connectivity index (χ1v) is 6.47. The van der Waals surface area contributed by atoms with Gasteiger partial charge < -0.3 is 10.2 Å². The molecule has 0 aromatic heterocycles. The number of likely N-dealkylation sites (N-methyl/N-ethyl adjacent to an activating group) is 1. The summed E-state index contributed by atoms with van der Waals surface area (Å²) in [4.78, 5) is 13.7. The van der Waals surface area contributed by atoms with Crippen molar-refractivity contribution in [1.82, 2.24) is 10.2 Å². The minimum atomic E-state index is -0.581. The summed E-state index contributed by atoms with van der Waals surface area (Å²) in [5.74, 6) is -1.01. The average Bonchev–Trinajstić information content (AvgIpc) is 2.90. The smallest absolute Gasteiger partial charge is 0.226 e. The first-order chi connectivity index (χ1) is 9.08.